The highest BCUT2D eigenvalue weighted by atomic mass is 32.2. The minimum Gasteiger partial charge on any atom is -0.258 e. The Morgan fingerprint density at radius 1 is 1.75 bits per heavy atom. The van der Waals surface area contributed by atoms with Crippen molar-refractivity contribution in [1.82, 2.24) is 4.83 Å². The van der Waals surface area contributed by atoms with Gasteiger partial charge in [0, 0.05) is 0 Å². The number of hydrazine groups is 1. The van der Waals surface area contributed by atoms with Crippen LogP contribution < -0.4 is 10.7 Å². The van der Waals surface area contributed by atoms with Crippen LogP contribution in [0.25, 0.3) is 0 Å². The van der Waals surface area contributed by atoms with Crippen molar-refractivity contribution in [2.45, 2.75) is 0 Å². The second-order valence-electron chi connectivity index (χ2n) is 1.08. The molecule has 0 aromatic heterocycles. The molecule has 8 heavy (non-hydrogen) atoms. The standard InChI is InChI=1S/C3H6N2O2S/c1-2-3-8(6,7)5-4/h1,5H,3-4H2. The number of nitrogens with one attached hydrogen (secondary N) is 1. The summed E-state index contributed by atoms with van der Waals surface area (Å²) in [7, 11) is -3.38. The monoisotopic (exact) mass is 134 g/mol. The lowest BCUT2D eigenvalue weighted by atomic mass is 10.8. The van der Waals surface area contributed by atoms with E-state index in [4.69, 9.17) is 0 Å². The van der Waals surface area contributed by atoms with Gasteiger partial charge < -0.3 is 0 Å². The fraction of sp³-hybridized carbons (Fsp3) is 0.333. The molecule has 0 aliphatic heterocycles. The van der Waals surface area contributed by atoms with Crippen LogP contribution in [-0.4, -0.2) is 14.2 Å². The van der Waals surface area contributed by atoms with Crippen LogP contribution in [0.15, 0.2) is 0 Å². The van der Waals surface area contributed by atoms with Crippen molar-refractivity contribution in [3.05, 3.63) is 0 Å². The molecular weight excluding hydrogens is 128 g/mol. The van der Waals surface area contributed by atoms with Gasteiger partial charge >= 0.3 is 0 Å². The average molecular weight is 134 g/mol. The summed E-state index contributed by atoms with van der Waals surface area (Å²) >= 11 is 0. The molecule has 0 aromatic carbocycles. The minimum absolute atomic E-state index is 0.372. The first-order valence-corrected chi connectivity index (χ1v) is 3.41. The molecule has 0 atom stereocenters. The van der Waals surface area contributed by atoms with Crippen molar-refractivity contribution < 1.29 is 8.42 Å². The predicted molar refractivity (Wildman–Crippen MR) is 29.9 cm³/mol. The Hall–Kier alpha value is -0.570. The molecule has 0 fully saturated rings. The first-order chi connectivity index (χ1) is 3.62. The summed E-state index contributed by atoms with van der Waals surface area (Å²) in [6.45, 7) is 0. The lowest BCUT2D eigenvalue weighted by Gasteiger charge is -1.91. The number of hydrogen-bond donors (Lipinski definition) is 2. The topological polar surface area (TPSA) is 72.2 Å². The second-order valence-corrected chi connectivity index (χ2v) is 2.83. The van der Waals surface area contributed by atoms with Gasteiger partial charge in [0.1, 0.15) is 5.75 Å². The normalized spacial score (nSPS) is 10.5. The van der Waals surface area contributed by atoms with Crippen molar-refractivity contribution in [3.63, 3.8) is 0 Å². The maximum atomic E-state index is 10.2. The Morgan fingerprint density at radius 3 is 2.38 bits per heavy atom. The molecule has 4 nitrogen and oxygen atoms in total. The van der Waals surface area contributed by atoms with E-state index in [0.717, 1.165) is 0 Å². The van der Waals surface area contributed by atoms with E-state index >= 15 is 0 Å². The molecule has 0 bridgehead atoms. The van der Waals surface area contributed by atoms with E-state index in [1.807, 2.05) is 5.92 Å². The van der Waals surface area contributed by atoms with Crippen LogP contribution in [0.5, 0.6) is 0 Å². The molecule has 0 spiro atoms. The number of rotatable bonds is 2. The van der Waals surface area contributed by atoms with E-state index in [1.165, 1.54) is 0 Å². The molecule has 0 radical (unpaired) electrons. The number of sulfonamides is 1. The van der Waals surface area contributed by atoms with E-state index < -0.39 is 10.0 Å². The minimum atomic E-state index is -3.38. The Bertz CT molecular complexity index is 188. The van der Waals surface area contributed by atoms with Gasteiger partial charge in [0.15, 0.2) is 0 Å². The first kappa shape index (κ1) is 7.43. The van der Waals surface area contributed by atoms with Gasteiger partial charge in [0.05, 0.1) is 0 Å². The van der Waals surface area contributed by atoms with Crippen molar-refractivity contribution in [2.24, 2.45) is 5.84 Å². The molecule has 0 heterocycles. The summed E-state index contributed by atoms with van der Waals surface area (Å²) in [6, 6.07) is 0. The van der Waals surface area contributed by atoms with Gasteiger partial charge in [0.2, 0.25) is 10.0 Å². The summed E-state index contributed by atoms with van der Waals surface area (Å²) in [6.07, 6.45) is 4.67. The summed E-state index contributed by atoms with van der Waals surface area (Å²) in [4.78, 5) is 1.57. The highest BCUT2D eigenvalue weighted by molar-refractivity contribution is 7.89. The zero-order valence-electron chi connectivity index (χ0n) is 4.09. The van der Waals surface area contributed by atoms with Crippen LogP contribution in [0.3, 0.4) is 0 Å². The third kappa shape index (κ3) is 2.58. The number of terminal acetylenes is 1. The zero-order chi connectivity index (χ0) is 6.62. The molecule has 46 valence electrons. The zero-order valence-corrected chi connectivity index (χ0v) is 4.90. The molecule has 0 aliphatic rings. The van der Waals surface area contributed by atoms with Gasteiger partial charge in [-0.1, -0.05) is 5.92 Å². The largest absolute Gasteiger partial charge is 0.258 e. The van der Waals surface area contributed by atoms with E-state index in [9.17, 15) is 8.42 Å². The summed E-state index contributed by atoms with van der Waals surface area (Å²) < 4.78 is 20.4. The van der Waals surface area contributed by atoms with Gasteiger partial charge in [-0.15, -0.1) is 6.42 Å². The summed E-state index contributed by atoms with van der Waals surface area (Å²) in [5.41, 5.74) is 0. The Balaban J connectivity index is 4.01. The SMILES string of the molecule is C#CCS(=O)(=O)NN. The van der Waals surface area contributed by atoms with Crippen molar-refractivity contribution >= 4 is 10.0 Å². The fourth-order valence-corrected chi connectivity index (χ4v) is 0.454. The number of nitrogens with two attached hydrogens (primary N) is 1. The molecule has 5 heteroatoms. The average Bonchev–Trinajstić information content (AvgIpc) is 1.67. The van der Waals surface area contributed by atoms with E-state index in [2.05, 4.69) is 12.3 Å². The molecule has 3 N–H and O–H groups in total. The molecular formula is C3H6N2O2S. The quantitative estimate of drug-likeness (QED) is 0.272. The third-order valence-corrected chi connectivity index (χ3v) is 1.36. The summed E-state index contributed by atoms with van der Waals surface area (Å²) in [5, 5.41) is 0. The van der Waals surface area contributed by atoms with Gasteiger partial charge in [-0.25, -0.2) is 8.42 Å². The van der Waals surface area contributed by atoms with Crippen LogP contribution in [0, 0.1) is 12.3 Å². The number of hydrogen-bond acceptors (Lipinski definition) is 3. The molecule has 0 amide bonds. The van der Waals surface area contributed by atoms with E-state index in [1.54, 1.807) is 4.83 Å². The van der Waals surface area contributed by atoms with Crippen LogP contribution in [0.4, 0.5) is 0 Å². The molecule has 0 saturated carbocycles. The van der Waals surface area contributed by atoms with E-state index in [-0.39, 0.29) is 5.75 Å². The van der Waals surface area contributed by atoms with Crippen LogP contribution in [0.1, 0.15) is 0 Å². The van der Waals surface area contributed by atoms with Gasteiger partial charge in [-0.05, 0) is 0 Å². The Kier molecular flexibility index (Phi) is 2.48. The van der Waals surface area contributed by atoms with Gasteiger partial charge in [-0.2, -0.15) is 4.83 Å². The van der Waals surface area contributed by atoms with Gasteiger partial charge in [-0.3, -0.25) is 5.84 Å². The van der Waals surface area contributed by atoms with Crippen molar-refractivity contribution in [2.75, 3.05) is 5.75 Å². The highest BCUT2D eigenvalue weighted by Gasteiger charge is 2.01. The molecule has 0 saturated heterocycles. The Labute approximate surface area is 48.1 Å². The second kappa shape index (κ2) is 2.67. The highest BCUT2D eigenvalue weighted by Crippen LogP contribution is 1.74. The molecule has 0 unspecified atom stereocenters. The van der Waals surface area contributed by atoms with Crippen LogP contribution in [0.2, 0.25) is 0 Å². The van der Waals surface area contributed by atoms with Crippen LogP contribution in [-0.2, 0) is 10.0 Å². The lowest BCUT2D eigenvalue weighted by molar-refractivity contribution is 0.588. The first-order valence-electron chi connectivity index (χ1n) is 1.76. The molecule has 0 aromatic rings. The maximum absolute atomic E-state index is 10.2. The lowest BCUT2D eigenvalue weighted by Crippen LogP contribution is -2.31. The smallest absolute Gasteiger partial charge is 0.235 e. The van der Waals surface area contributed by atoms with Crippen molar-refractivity contribution in [3.8, 4) is 12.3 Å². The third-order valence-electron chi connectivity index (χ3n) is 0.453. The summed E-state index contributed by atoms with van der Waals surface area (Å²) in [5.74, 6) is 6.12. The van der Waals surface area contributed by atoms with Gasteiger partial charge in [0.25, 0.3) is 0 Å². The maximum Gasteiger partial charge on any atom is 0.235 e. The molecule has 0 aliphatic carbocycles. The predicted octanol–water partition coefficient (Wildman–Crippen LogP) is -1.59. The van der Waals surface area contributed by atoms with Crippen molar-refractivity contribution in [1.29, 1.82) is 0 Å². The molecule has 0 rings (SSSR count). The fourth-order valence-electron chi connectivity index (χ4n) is 0.151. The van der Waals surface area contributed by atoms with E-state index in [0.29, 0.717) is 0 Å². The van der Waals surface area contributed by atoms with Crippen LogP contribution >= 0.6 is 0 Å². The Morgan fingerprint density at radius 2 is 2.25 bits per heavy atom.